The van der Waals surface area contributed by atoms with Crippen LogP contribution in [0, 0.1) is 12.8 Å². The molecule has 0 spiro atoms. The zero-order valence-corrected chi connectivity index (χ0v) is 22.0. The minimum absolute atomic E-state index is 0.157. The van der Waals surface area contributed by atoms with Gasteiger partial charge in [-0.3, -0.25) is 0 Å². The highest BCUT2D eigenvalue weighted by atomic mass is 19.4. The van der Waals surface area contributed by atoms with Crippen molar-refractivity contribution < 1.29 is 27.4 Å². The van der Waals surface area contributed by atoms with E-state index in [1.165, 1.54) is 12.1 Å². The first-order chi connectivity index (χ1) is 18.6. The summed E-state index contributed by atoms with van der Waals surface area (Å²) < 4.78 is 52.8. The van der Waals surface area contributed by atoms with Crippen LogP contribution in [0.2, 0.25) is 0 Å². The quantitative estimate of drug-likeness (QED) is 0.235. The molecule has 39 heavy (non-hydrogen) atoms. The average molecular weight is 539 g/mol. The van der Waals surface area contributed by atoms with Gasteiger partial charge in [0.15, 0.2) is 11.2 Å². The van der Waals surface area contributed by atoms with Crippen molar-refractivity contribution >= 4 is 17.1 Å². The Morgan fingerprint density at radius 1 is 1.10 bits per heavy atom. The van der Waals surface area contributed by atoms with Gasteiger partial charge in [0.2, 0.25) is 11.7 Å². The third-order valence-corrected chi connectivity index (χ3v) is 7.04. The molecule has 0 saturated heterocycles. The Morgan fingerprint density at radius 3 is 2.46 bits per heavy atom. The second-order valence-electron chi connectivity index (χ2n) is 9.84. The van der Waals surface area contributed by atoms with Crippen molar-refractivity contribution in [2.75, 3.05) is 6.61 Å². The minimum Gasteiger partial charge on any atom is -0.473 e. The van der Waals surface area contributed by atoms with Gasteiger partial charge in [-0.1, -0.05) is 42.3 Å². The molecule has 1 saturated carbocycles. The number of aryl methyl sites for hydroxylation is 1. The van der Waals surface area contributed by atoms with Crippen molar-refractivity contribution in [1.82, 2.24) is 19.5 Å². The number of ether oxygens (including phenoxy) is 2. The van der Waals surface area contributed by atoms with Crippen molar-refractivity contribution in [2.45, 2.75) is 58.9 Å². The van der Waals surface area contributed by atoms with E-state index in [-0.39, 0.29) is 36.6 Å². The Kier molecular flexibility index (Phi) is 7.29. The van der Waals surface area contributed by atoms with Gasteiger partial charge in [-0.05, 0) is 63.3 Å². The predicted molar refractivity (Wildman–Crippen MR) is 139 cm³/mol. The molecule has 1 fully saturated rings. The van der Waals surface area contributed by atoms with Crippen LogP contribution in [-0.4, -0.2) is 38.2 Å². The van der Waals surface area contributed by atoms with Crippen LogP contribution in [-0.2, 0) is 17.5 Å². The predicted octanol–water partition coefficient (Wildman–Crippen LogP) is 6.61. The SMILES string of the molecule is CCOC(=O)c1nc(OC(C)C2CCC2)c2c(n1)nc(-c1cccc(C)c1)n2Cc1ccc(C(F)(F)F)cc1. The van der Waals surface area contributed by atoms with E-state index >= 15 is 0 Å². The van der Waals surface area contributed by atoms with Gasteiger partial charge >= 0.3 is 12.1 Å². The molecule has 1 aliphatic carbocycles. The summed E-state index contributed by atoms with van der Waals surface area (Å²) in [7, 11) is 0. The number of hydrogen-bond donors (Lipinski definition) is 0. The number of esters is 1. The zero-order valence-electron chi connectivity index (χ0n) is 22.0. The molecule has 2 aromatic carbocycles. The Morgan fingerprint density at radius 2 is 1.85 bits per heavy atom. The third-order valence-electron chi connectivity index (χ3n) is 7.04. The zero-order chi connectivity index (χ0) is 27.7. The molecule has 4 aromatic rings. The molecule has 0 aliphatic heterocycles. The number of imidazole rings is 1. The molecular weight excluding hydrogens is 509 g/mol. The first-order valence-electron chi connectivity index (χ1n) is 13.0. The van der Waals surface area contributed by atoms with Gasteiger partial charge < -0.3 is 14.0 Å². The number of halogens is 3. The lowest BCUT2D eigenvalue weighted by Gasteiger charge is -2.31. The van der Waals surface area contributed by atoms with Crippen LogP contribution < -0.4 is 4.74 Å². The summed E-state index contributed by atoms with van der Waals surface area (Å²) in [6.07, 6.45) is -1.37. The maximum atomic E-state index is 13.2. The summed E-state index contributed by atoms with van der Waals surface area (Å²) in [5.41, 5.74) is 2.41. The smallest absolute Gasteiger partial charge is 0.416 e. The molecule has 0 bridgehead atoms. The van der Waals surface area contributed by atoms with Gasteiger partial charge in [-0.25, -0.2) is 14.8 Å². The summed E-state index contributed by atoms with van der Waals surface area (Å²) in [6, 6.07) is 12.7. The van der Waals surface area contributed by atoms with Gasteiger partial charge in [0, 0.05) is 12.1 Å². The molecule has 0 N–H and O–H groups in total. The molecular formula is C29H29F3N4O3. The van der Waals surface area contributed by atoms with Crippen LogP contribution in [0.25, 0.3) is 22.6 Å². The molecule has 10 heteroatoms. The van der Waals surface area contributed by atoms with Crippen LogP contribution in [0.3, 0.4) is 0 Å². The lowest BCUT2D eigenvalue weighted by molar-refractivity contribution is -0.137. The van der Waals surface area contributed by atoms with Crippen LogP contribution in [0.4, 0.5) is 13.2 Å². The van der Waals surface area contributed by atoms with Crippen LogP contribution in [0.5, 0.6) is 5.88 Å². The van der Waals surface area contributed by atoms with E-state index < -0.39 is 17.7 Å². The average Bonchev–Trinajstić information content (AvgIpc) is 3.21. The van der Waals surface area contributed by atoms with Crippen molar-refractivity contribution in [2.24, 2.45) is 5.92 Å². The Hall–Kier alpha value is -3.95. The number of nitrogens with zero attached hydrogens (tertiary/aromatic N) is 4. The first kappa shape index (κ1) is 26.6. The maximum absolute atomic E-state index is 13.2. The van der Waals surface area contributed by atoms with E-state index in [2.05, 4.69) is 9.97 Å². The van der Waals surface area contributed by atoms with Gasteiger partial charge in [0.05, 0.1) is 12.2 Å². The second kappa shape index (κ2) is 10.7. The third kappa shape index (κ3) is 5.60. The highest BCUT2D eigenvalue weighted by Crippen LogP contribution is 2.36. The van der Waals surface area contributed by atoms with Crippen molar-refractivity contribution in [1.29, 1.82) is 0 Å². The summed E-state index contributed by atoms with van der Waals surface area (Å²) >= 11 is 0. The van der Waals surface area contributed by atoms with E-state index in [4.69, 9.17) is 14.5 Å². The highest BCUT2D eigenvalue weighted by Gasteiger charge is 2.31. The number of fused-ring (bicyclic) bond motifs is 1. The summed E-state index contributed by atoms with van der Waals surface area (Å²) in [4.78, 5) is 26.2. The number of benzene rings is 2. The molecule has 0 amide bonds. The fraction of sp³-hybridized carbons (Fsp3) is 0.379. The maximum Gasteiger partial charge on any atom is 0.416 e. The molecule has 204 valence electrons. The van der Waals surface area contributed by atoms with E-state index in [0.717, 1.165) is 42.5 Å². The van der Waals surface area contributed by atoms with Crippen molar-refractivity contribution in [3.05, 3.63) is 71.0 Å². The number of carbonyl (C=O) groups excluding carboxylic acids is 1. The summed E-state index contributed by atoms with van der Waals surface area (Å²) in [6.45, 7) is 5.97. The van der Waals surface area contributed by atoms with Gasteiger partial charge in [-0.15, -0.1) is 0 Å². The molecule has 1 aliphatic rings. The van der Waals surface area contributed by atoms with Gasteiger partial charge in [-0.2, -0.15) is 18.2 Å². The highest BCUT2D eigenvalue weighted by molar-refractivity contribution is 5.90. The molecule has 2 heterocycles. The van der Waals surface area contributed by atoms with Crippen molar-refractivity contribution in [3.63, 3.8) is 0 Å². The topological polar surface area (TPSA) is 79.1 Å². The monoisotopic (exact) mass is 538 g/mol. The number of carbonyl (C=O) groups is 1. The molecule has 1 unspecified atom stereocenters. The molecule has 5 rings (SSSR count). The molecule has 1 atom stereocenters. The fourth-order valence-corrected chi connectivity index (χ4v) is 4.69. The van der Waals surface area contributed by atoms with Gasteiger partial charge in [0.25, 0.3) is 0 Å². The lowest BCUT2D eigenvalue weighted by atomic mass is 9.82. The normalized spacial score (nSPS) is 14.7. The Bertz CT molecular complexity index is 1490. The Labute approximate surface area is 224 Å². The first-order valence-corrected chi connectivity index (χ1v) is 13.0. The van der Waals surface area contributed by atoms with Crippen LogP contribution >= 0.6 is 0 Å². The standard InChI is InChI=1S/C29H29F3N4O3/c1-4-38-28(37)25-33-24-23(27(35-25)39-18(3)20-8-6-9-20)36(26(34-24)21-10-5-7-17(2)15-21)16-19-11-13-22(14-12-19)29(30,31)32/h5,7,10-15,18,20H,4,6,8-9,16H2,1-3H3. The number of rotatable bonds is 8. The molecule has 7 nitrogen and oxygen atoms in total. The van der Waals surface area contributed by atoms with E-state index in [1.54, 1.807) is 6.92 Å². The van der Waals surface area contributed by atoms with Gasteiger partial charge in [0.1, 0.15) is 11.9 Å². The van der Waals surface area contributed by atoms with Crippen LogP contribution in [0.15, 0.2) is 48.5 Å². The van der Waals surface area contributed by atoms with E-state index in [1.807, 2.05) is 42.7 Å². The number of aromatic nitrogens is 4. The molecule has 0 radical (unpaired) electrons. The number of hydrogen-bond acceptors (Lipinski definition) is 6. The lowest BCUT2D eigenvalue weighted by Crippen LogP contribution is -2.29. The van der Waals surface area contributed by atoms with Crippen molar-refractivity contribution in [3.8, 4) is 17.3 Å². The summed E-state index contributed by atoms with van der Waals surface area (Å²) in [5.74, 6) is 0.250. The molecule has 2 aromatic heterocycles. The fourth-order valence-electron chi connectivity index (χ4n) is 4.69. The summed E-state index contributed by atoms with van der Waals surface area (Å²) in [5, 5.41) is 0. The Balaban J connectivity index is 1.68. The van der Waals surface area contributed by atoms with E-state index in [0.29, 0.717) is 22.8 Å². The van der Waals surface area contributed by atoms with E-state index in [9.17, 15) is 18.0 Å². The van der Waals surface area contributed by atoms with Crippen LogP contribution in [0.1, 0.15) is 60.4 Å². The number of alkyl halides is 3. The largest absolute Gasteiger partial charge is 0.473 e. The second-order valence-corrected chi connectivity index (χ2v) is 9.84. The minimum atomic E-state index is -4.43.